The first-order valence-electron chi connectivity index (χ1n) is 14.3. The fourth-order valence-corrected chi connectivity index (χ4v) is 6.82. The fraction of sp³-hybridized carbons (Fsp3) is 0.733. The molecule has 1 aromatic carbocycles. The highest BCUT2D eigenvalue weighted by atomic mass is 35.5. The normalized spacial score (nSPS) is 28.8. The lowest BCUT2D eigenvalue weighted by Gasteiger charge is -2.41. The van der Waals surface area contributed by atoms with Crippen LogP contribution < -0.4 is 0 Å². The van der Waals surface area contributed by atoms with Gasteiger partial charge < -0.3 is 9.80 Å². The molecule has 2 saturated heterocycles. The quantitative estimate of drug-likeness (QED) is 0.414. The fourth-order valence-electron chi connectivity index (χ4n) is 6.69. The summed E-state index contributed by atoms with van der Waals surface area (Å²) in [4.78, 5) is 33.5. The number of alkyl halides is 3. The van der Waals surface area contributed by atoms with E-state index < -0.39 is 12.1 Å². The highest BCUT2D eigenvalue weighted by Crippen LogP contribution is 2.41. The molecule has 3 fully saturated rings. The molecule has 0 unspecified atom stereocenters. The monoisotopic (exact) mass is 569 g/mol. The molecule has 9 heteroatoms. The molecule has 2 heterocycles. The molecular weight excluding hydrogens is 527 g/mol. The summed E-state index contributed by atoms with van der Waals surface area (Å²) in [5, 5.41) is 0.661. The highest BCUT2D eigenvalue weighted by molar-refractivity contribution is 6.30. The lowest BCUT2D eigenvalue weighted by atomic mass is 9.84. The van der Waals surface area contributed by atoms with Crippen LogP contribution in [-0.2, 0) is 9.59 Å². The third kappa shape index (κ3) is 6.75. The maximum atomic E-state index is 14.0. The van der Waals surface area contributed by atoms with Crippen LogP contribution in [-0.4, -0.2) is 76.5 Å². The van der Waals surface area contributed by atoms with Crippen LogP contribution in [0.3, 0.4) is 0 Å². The van der Waals surface area contributed by atoms with Gasteiger partial charge in [0, 0.05) is 54.6 Å². The minimum atomic E-state index is -4.18. The first kappa shape index (κ1) is 30.2. The van der Waals surface area contributed by atoms with E-state index in [9.17, 15) is 22.8 Å². The van der Waals surface area contributed by atoms with Crippen LogP contribution in [0.15, 0.2) is 24.3 Å². The Morgan fingerprint density at radius 2 is 1.54 bits per heavy atom. The van der Waals surface area contributed by atoms with Gasteiger partial charge in [-0.15, -0.1) is 0 Å². The zero-order valence-electron chi connectivity index (χ0n) is 23.8. The van der Waals surface area contributed by atoms with E-state index in [4.69, 9.17) is 11.6 Å². The summed E-state index contributed by atoms with van der Waals surface area (Å²) >= 11 is 6.14. The summed E-state index contributed by atoms with van der Waals surface area (Å²) in [6.07, 6.45) is -2.70. The Labute approximate surface area is 236 Å². The van der Waals surface area contributed by atoms with Crippen LogP contribution in [0.4, 0.5) is 13.2 Å². The minimum Gasteiger partial charge on any atom is -0.340 e. The smallest absolute Gasteiger partial charge is 0.340 e. The molecule has 4 rings (SSSR count). The summed E-state index contributed by atoms with van der Waals surface area (Å²) in [6.45, 7) is 12.6. The summed E-state index contributed by atoms with van der Waals surface area (Å²) in [5.74, 6) is -1.63. The van der Waals surface area contributed by atoms with Crippen molar-refractivity contribution in [2.75, 3.05) is 26.2 Å². The highest BCUT2D eigenvalue weighted by Gasteiger charge is 2.47. The zero-order valence-corrected chi connectivity index (χ0v) is 24.6. The van der Waals surface area contributed by atoms with E-state index in [2.05, 4.69) is 25.7 Å². The van der Waals surface area contributed by atoms with Crippen LogP contribution in [0.2, 0.25) is 5.02 Å². The molecule has 0 spiro atoms. The van der Waals surface area contributed by atoms with E-state index in [1.165, 1.54) is 0 Å². The second-order valence-electron chi connectivity index (χ2n) is 13.0. The van der Waals surface area contributed by atoms with Gasteiger partial charge in [-0.1, -0.05) is 37.6 Å². The molecule has 3 aliphatic rings. The van der Waals surface area contributed by atoms with Crippen molar-refractivity contribution < 1.29 is 22.8 Å². The molecule has 39 heavy (non-hydrogen) atoms. The Bertz CT molecular complexity index is 1020. The standard InChI is InChI=1S/C30H43ClF3N3O2/c1-19(2)27(38)37(23-12-8-21(9-13-23)30(32,33)34)24-14-15-35(16-24)28(39)26-18-36(29(3,4)5)17-25(26)20-6-10-22(31)11-7-20/h6-7,10-11,19,21,23-26H,8-9,12-18H2,1-5H3/t21-,23+,24-,25-,26+/m0/s1. The van der Waals surface area contributed by atoms with Gasteiger partial charge in [0.05, 0.1) is 17.9 Å². The van der Waals surface area contributed by atoms with Gasteiger partial charge >= 0.3 is 6.18 Å². The Morgan fingerprint density at radius 3 is 2.08 bits per heavy atom. The average molecular weight is 570 g/mol. The van der Waals surface area contributed by atoms with Crippen molar-refractivity contribution in [1.82, 2.24) is 14.7 Å². The molecule has 5 nitrogen and oxygen atoms in total. The van der Waals surface area contributed by atoms with Gasteiger partial charge in [-0.2, -0.15) is 13.2 Å². The first-order chi connectivity index (χ1) is 18.2. The molecule has 0 aromatic heterocycles. The van der Waals surface area contributed by atoms with Gasteiger partial charge in [-0.25, -0.2) is 0 Å². The first-order valence-corrected chi connectivity index (χ1v) is 14.7. The van der Waals surface area contributed by atoms with Gasteiger partial charge in [0.1, 0.15) is 0 Å². The molecule has 2 amide bonds. The number of likely N-dealkylation sites (tertiary alicyclic amines) is 2. The van der Waals surface area contributed by atoms with Gasteiger partial charge in [-0.05, 0) is 70.6 Å². The molecule has 0 radical (unpaired) electrons. The van der Waals surface area contributed by atoms with E-state index in [1.54, 1.807) is 0 Å². The van der Waals surface area contributed by atoms with Crippen molar-refractivity contribution in [3.63, 3.8) is 0 Å². The van der Waals surface area contributed by atoms with Gasteiger partial charge in [-0.3, -0.25) is 14.5 Å². The zero-order chi connectivity index (χ0) is 28.7. The number of carbonyl (C=O) groups excluding carboxylic acids is 2. The Balaban J connectivity index is 1.50. The minimum absolute atomic E-state index is 0.0245. The summed E-state index contributed by atoms with van der Waals surface area (Å²) < 4.78 is 39.9. The topological polar surface area (TPSA) is 43.9 Å². The van der Waals surface area contributed by atoms with E-state index in [0.717, 1.165) is 12.1 Å². The Morgan fingerprint density at radius 1 is 0.923 bits per heavy atom. The SMILES string of the molecule is CC(C)C(=O)N([C@H]1CCN(C(=O)[C@@H]2CN(C(C)(C)C)C[C@H]2c2ccc(Cl)cc2)C1)[C@H]1CC[C@@H](C(F)(F)F)CC1. The third-order valence-electron chi connectivity index (χ3n) is 9.05. The average Bonchev–Trinajstić information content (AvgIpc) is 3.52. The van der Waals surface area contributed by atoms with Crippen LogP contribution >= 0.6 is 11.6 Å². The Kier molecular flexibility index (Phi) is 8.97. The van der Waals surface area contributed by atoms with Crippen LogP contribution in [0.1, 0.15) is 78.2 Å². The van der Waals surface area contributed by atoms with Crippen molar-refractivity contribution in [1.29, 1.82) is 0 Å². The number of amides is 2. The summed E-state index contributed by atoms with van der Waals surface area (Å²) in [7, 11) is 0. The van der Waals surface area contributed by atoms with E-state index in [1.807, 2.05) is 47.9 Å². The third-order valence-corrected chi connectivity index (χ3v) is 9.31. The lowest BCUT2D eigenvalue weighted by Crippen LogP contribution is -2.52. The lowest BCUT2D eigenvalue weighted by molar-refractivity contribution is -0.185. The molecular formula is C30H43ClF3N3O2. The number of rotatable bonds is 5. The molecule has 218 valence electrons. The molecule has 1 aliphatic carbocycles. The van der Waals surface area contributed by atoms with Crippen molar-refractivity contribution in [2.24, 2.45) is 17.8 Å². The van der Waals surface area contributed by atoms with Crippen LogP contribution in [0.5, 0.6) is 0 Å². The van der Waals surface area contributed by atoms with E-state index in [0.29, 0.717) is 43.9 Å². The number of halogens is 4. The molecule has 1 saturated carbocycles. The predicted molar refractivity (Wildman–Crippen MR) is 147 cm³/mol. The van der Waals surface area contributed by atoms with Crippen LogP contribution in [0, 0.1) is 17.8 Å². The van der Waals surface area contributed by atoms with Gasteiger partial charge in [0.2, 0.25) is 11.8 Å². The number of nitrogens with zero attached hydrogens (tertiary/aromatic N) is 3. The van der Waals surface area contributed by atoms with Crippen LogP contribution in [0.25, 0.3) is 0 Å². The molecule has 2 aliphatic heterocycles. The number of hydrogen-bond acceptors (Lipinski definition) is 3. The maximum absolute atomic E-state index is 14.0. The molecule has 3 atom stereocenters. The second kappa shape index (κ2) is 11.6. The number of hydrogen-bond donors (Lipinski definition) is 0. The van der Waals surface area contributed by atoms with Gasteiger partial charge in [0.15, 0.2) is 0 Å². The molecule has 0 N–H and O–H groups in total. The van der Waals surface area contributed by atoms with E-state index >= 15 is 0 Å². The predicted octanol–water partition coefficient (Wildman–Crippen LogP) is 6.36. The molecule has 1 aromatic rings. The molecule has 0 bridgehead atoms. The largest absolute Gasteiger partial charge is 0.391 e. The van der Waals surface area contributed by atoms with E-state index in [-0.39, 0.29) is 60.0 Å². The van der Waals surface area contributed by atoms with Crippen molar-refractivity contribution in [3.05, 3.63) is 34.9 Å². The number of carbonyl (C=O) groups is 2. The second-order valence-corrected chi connectivity index (χ2v) is 13.5. The van der Waals surface area contributed by atoms with Crippen molar-refractivity contribution in [2.45, 2.75) is 96.4 Å². The van der Waals surface area contributed by atoms with Gasteiger partial charge in [0.25, 0.3) is 0 Å². The Hall–Kier alpha value is -1.80. The van der Waals surface area contributed by atoms with Crippen molar-refractivity contribution in [3.8, 4) is 0 Å². The number of benzene rings is 1. The summed E-state index contributed by atoms with van der Waals surface area (Å²) in [5.41, 5.74) is 1.02. The van der Waals surface area contributed by atoms with Crippen molar-refractivity contribution >= 4 is 23.4 Å². The maximum Gasteiger partial charge on any atom is 0.391 e. The summed E-state index contributed by atoms with van der Waals surface area (Å²) in [6, 6.07) is 7.38.